The molecule has 1 atom stereocenters. The Morgan fingerprint density at radius 3 is 2.39 bits per heavy atom. The van der Waals surface area contributed by atoms with Crippen LogP contribution in [0.15, 0.2) is 48.5 Å². The molecule has 2 aromatic carbocycles. The molecule has 0 aliphatic carbocycles. The van der Waals surface area contributed by atoms with Gasteiger partial charge < -0.3 is 18.9 Å². The van der Waals surface area contributed by atoms with Gasteiger partial charge in [-0.15, -0.1) is 0 Å². The Balaban J connectivity index is 1.93. The zero-order valence-electron chi connectivity index (χ0n) is 19.2. The number of hydrogen-bond donors (Lipinski definition) is 0. The van der Waals surface area contributed by atoms with E-state index in [9.17, 15) is 4.79 Å². The molecule has 5 nitrogen and oxygen atoms in total. The van der Waals surface area contributed by atoms with Gasteiger partial charge in [-0.2, -0.15) is 0 Å². The topological polar surface area (TPSA) is 57.3 Å². The summed E-state index contributed by atoms with van der Waals surface area (Å²) in [5.41, 5.74) is 2.07. The maximum Gasteiger partial charge on any atom is 0.331 e. The number of esters is 1. The molecule has 31 heavy (non-hydrogen) atoms. The minimum atomic E-state index is -0.548. The number of rotatable bonds is 8. The molecular formula is C26H32O5. The Labute approximate surface area is 185 Å². The average molecular weight is 425 g/mol. The number of carbonyl (C=O) groups excluding carboxylic acids is 1. The van der Waals surface area contributed by atoms with Gasteiger partial charge in [-0.1, -0.05) is 30.3 Å². The van der Waals surface area contributed by atoms with Crippen molar-refractivity contribution in [1.82, 2.24) is 0 Å². The number of ether oxygens (including phenoxy) is 4. The molecule has 0 N–H and O–H groups in total. The summed E-state index contributed by atoms with van der Waals surface area (Å²) in [6, 6.07) is 13.8. The van der Waals surface area contributed by atoms with Crippen LogP contribution >= 0.6 is 0 Å². The van der Waals surface area contributed by atoms with Crippen LogP contribution in [0.5, 0.6) is 11.5 Å². The van der Waals surface area contributed by atoms with Crippen LogP contribution in [0.3, 0.4) is 0 Å². The second-order valence-electron chi connectivity index (χ2n) is 9.22. The first-order valence-electron chi connectivity index (χ1n) is 10.5. The van der Waals surface area contributed by atoms with Crippen LogP contribution in [0.25, 0.3) is 6.08 Å². The summed E-state index contributed by atoms with van der Waals surface area (Å²) >= 11 is 0. The second-order valence-corrected chi connectivity index (χ2v) is 9.22. The molecule has 1 aliphatic heterocycles. The summed E-state index contributed by atoms with van der Waals surface area (Å²) in [6.07, 6.45) is 3.92. The van der Waals surface area contributed by atoms with Crippen molar-refractivity contribution in [3.8, 4) is 11.5 Å². The van der Waals surface area contributed by atoms with Crippen molar-refractivity contribution in [2.45, 2.75) is 65.0 Å². The molecule has 1 heterocycles. The Morgan fingerprint density at radius 2 is 1.81 bits per heavy atom. The van der Waals surface area contributed by atoms with Crippen molar-refractivity contribution in [3.05, 3.63) is 65.2 Å². The van der Waals surface area contributed by atoms with E-state index in [1.807, 2.05) is 63.2 Å². The SMILES string of the molecule is COc1ccc(C=CC(=O)OC(C)(C)C)c(OCc2ccccc2)c1CC1OC1(C)C. The van der Waals surface area contributed by atoms with Gasteiger partial charge in [-0.05, 0) is 58.4 Å². The molecule has 166 valence electrons. The Morgan fingerprint density at radius 1 is 1.13 bits per heavy atom. The highest BCUT2D eigenvalue weighted by atomic mass is 16.6. The Hall–Kier alpha value is -2.79. The minimum Gasteiger partial charge on any atom is -0.496 e. The predicted octanol–water partition coefficient (Wildman–Crippen LogP) is 5.35. The highest BCUT2D eigenvalue weighted by molar-refractivity contribution is 5.88. The van der Waals surface area contributed by atoms with Gasteiger partial charge in [0.15, 0.2) is 0 Å². The normalized spacial score (nSPS) is 17.4. The third-order valence-corrected chi connectivity index (χ3v) is 5.05. The standard InChI is InChI=1S/C26H32O5/c1-25(2,3)31-23(27)15-13-19-12-14-21(28-6)20(16-22-26(4,5)30-22)24(19)29-17-18-10-8-7-9-11-18/h7-15,22H,16-17H2,1-6H3. The largest absolute Gasteiger partial charge is 0.496 e. The lowest BCUT2D eigenvalue weighted by Crippen LogP contribution is -2.22. The lowest BCUT2D eigenvalue weighted by Gasteiger charge is -2.19. The van der Waals surface area contributed by atoms with Crippen LogP contribution in [0.4, 0.5) is 0 Å². The van der Waals surface area contributed by atoms with Gasteiger partial charge in [0.05, 0.1) is 18.8 Å². The number of carbonyl (C=O) groups is 1. The molecule has 1 saturated heterocycles. The van der Waals surface area contributed by atoms with E-state index < -0.39 is 11.6 Å². The third-order valence-electron chi connectivity index (χ3n) is 5.05. The summed E-state index contributed by atoms with van der Waals surface area (Å²) in [7, 11) is 1.65. The molecule has 0 bridgehead atoms. The predicted molar refractivity (Wildman–Crippen MR) is 121 cm³/mol. The second kappa shape index (κ2) is 9.15. The molecule has 0 amide bonds. The van der Waals surface area contributed by atoms with Gasteiger partial charge in [-0.3, -0.25) is 0 Å². The van der Waals surface area contributed by atoms with E-state index in [0.717, 1.165) is 22.4 Å². The molecular weight excluding hydrogens is 392 g/mol. The van der Waals surface area contributed by atoms with Crippen LogP contribution in [-0.2, 0) is 27.3 Å². The molecule has 5 heteroatoms. The first-order valence-corrected chi connectivity index (χ1v) is 10.5. The quantitative estimate of drug-likeness (QED) is 0.325. The fourth-order valence-corrected chi connectivity index (χ4v) is 3.34. The summed E-state index contributed by atoms with van der Waals surface area (Å²) in [4.78, 5) is 12.2. The minimum absolute atomic E-state index is 0.0885. The van der Waals surface area contributed by atoms with Crippen LogP contribution in [0.2, 0.25) is 0 Å². The Bertz CT molecular complexity index is 938. The lowest BCUT2D eigenvalue weighted by atomic mass is 9.98. The van der Waals surface area contributed by atoms with E-state index in [2.05, 4.69) is 13.8 Å². The molecule has 3 rings (SSSR count). The number of hydrogen-bond acceptors (Lipinski definition) is 5. The van der Waals surface area contributed by atoms with Crippen LogP contribution in [-0.4, -0.2) is 30.4 Å². The molecule has 0 spiro atoms. The monoisotopic (exact) mass is 424 g/mol. The van der Waals surface area contributed by atoms with E-state index in [0.29, 0.717) is 18.8 Å². The van der Waals surface area contributed by atoms with E-state index >= 15 is 0 Å². The zero-order chi connectivity index (χ0) is 22.6. The van der Waals surface area contributed by atoms with Crippen molar-refractivity contribution in [2.24, 2.45) is 0 Å². The highest BCUT2D eigenvalue weighted by Gasteiger charge is 2.48. The summed E-state index contributed by atoms with van der Waals surface area (Å²) in [5, 5.41) is 0. The van der Waals surface area contributed by atoms with Gasteiger partial charge in [0.2, 0.25) is 0 Å². The molecule has 2 aromatic rings. The summed E-state index contributed by atoms with van der Waals surface area (Å²) in [5.74, 6) is 1.03. The fourth-order valence-electron chi connectivity index (χ4n) is 3.34. The van der Waals surface area contributed by atoms with E-state index in [1.165, 1.54) is 6.08 Å². The fraction of sp³-hybridized carbons (Fsp3) is 0.423. The van der Waals surface area contributed by atoms with E-state index in [1.54, 1.807) is 13.2 Å². The van der Waals surface area contributed by atoms with Crippen molar-refractivity contribution in [3.63, 3.8) is 0 Å². The molecule has 0 aromatic heterocycles. The van der Waals surface area contributed by atoms with Crippen LogP contribution in [0.1, 0.15) is 51.3 Å². The van der Waals surface area contributed by atoms with Crippen molar-refractivity contribution in [1.29, 1.82) is 0 Å². The third kappa shape index (κ3) is 6.34. The number of epoxide rings is 1. The van der Waals surface area contributed by atoms with E-state index in [4.69, 9.17) is 18.9 Å². The molecule has 1 aliphatic rings. The number of methoxy groups -OCH3 is 1. The average Bonchev–Trinajstić information content (AvgIpc) is 3.30. The zero-order valence-corrected chi connectivity index (χ0v) is 19.2. The van der Waals surface area contributed by atoms with E-state index in [-0.39, 0.29) is 11.7 Å². The summed E-state index contributed by atoms with van der Waals surface area (Å²) < 4.78 is 23.1. The molecule has 1 unspecified atom stereocenters. The lowest BCUT2D eigenvalue weighted by molar-refractivity contribution is -0.148. The van der Waals surface area contributed by atoms with Gasteiger partial charge in [-0.25, -0.2) is 4.79 Å². The molecule has 1 fully saturated rings. The number of benzene rings is 2. The van der Waals surface area contributed by atoms with Gasteiger partial charge in [0, 0.05) is 23.6 Å². The van der Waals surface area contributed by atoms with Crippen molar-refractivity contribution in [2.75, 3.05) is 7.11 Å². The first kappa shape index (κ1) is 22.9. The van der Waals surface area contributed by atoms with Crippen LogP contribution in [0, 0.1) is 0 Å². The molecule has 0 saturated carbocycles. The maximum absolute atomic E-state index is 12.2. The summed E-state index contributed by atoms with van der Waals surface area (Å²) in [6.45, 7) is 10.1. The van der Waals surface area contributed by atoms with Crippen molar-refractivity contribution < 1.29 is 23.7 Å². The van der Waals surface area contributed by atoms with Gasteiger partial charge in [0.25, 0.3) is 0 Å². The maximum atomic E-state index is 12.2. The van der Waals surface area contributed by atoms with Crippen LogP contribution < -0.4 is 9.47 Å². The molecule has 0 radical (unpaired) electrons. The van der Waals surface area contributed by atoms with Gasteiger partial charge in [0.1, 0.15) is 23.7 Å². The smallest absolute Gasteiger partial charge is 0.331 e. The first-order chi connectivity index (χ1) is 14.6. The van der Waals surface area contributed by atoms with Gasteiger partial charge >= 0.3 is 5.97 Å². The Kier molecular flexibility index (Phi) is 6.75. The van der Waals surface area contributed by atoms with Crippen molar-refractivity contribution >= 4 is 12.0 Å². The highest BCUT2D eigenvalue weighted by Crippen LogP contribution is 2.43.